The molecule has 27 heavy (non-hydrogen) atoms. The van der Waals surface area contributed by atoms with E-state index in [1.54, 1.807) is 0 Å². The molecule has 2 aliphatic rings. The lowest BCUT2D eigenvalue weighted by Gasteiger charge is -2.31. The lowest BCUT2D eigenvalue weighted by Crippen LogP contribution is -2.38. The fraction of sp³-hybridized carbons (Fsp3) is 0.789. The molecule has 0 bridgehead atoms. The Morgan fingerprint density at radius 3 is 2.30 bits per heavy atom. The number of hydrogen-bond acceptors (Lipinski definition) is 5. The first-order chi connectivity index (χ1) is 13.0. The van der Waals surface area contributed by atoms with Gasteiger partial charge in [-0.15, -0.1) is 10.2 Å². The average molecular weight is 377 g/mol. The fourth-order valence-electron chi connectivity index (χ4n) is 4.14. The molecule has 2 saturated heterocycles. The summed E-state index contributed by atoms with van der Waals surface area (Å²) in [5.74, 6) is 2.00. The van der Waals surface area contributed by atoms with Crippen molar-refractivity contribution in [3.05, 3.63) is 11.6 Å². The highest BCUT2D eigenvalue weighted by Gasteiger charge is 2.27. The summed E-state index contributed by atoms with van der Waals surface area (Å²) in [5, 5.41) is 8.94. The Hall–Kier alpha value is -1.96. The number of piperidine rings is 1. The zero-order valence-corrected chi connectivity index (χ0v) is 16.4. The van der Waals surface area contributed by atoms with Crippen molar-refractivity contribution >= 4 is 11.8 Å². The summed E-state index contributed by atoms with van der Waals surface area (Å²) in [7, 11) is 2.06. The summed E-state index contributed by atoms with van der Waals surface area (Å²) in [6, 6.07) is 0. The van der Waals surface area contributed by atoms with Crippen LogP contribution in [0.3, 0.4) is 0 Å². The van der Waals surface area contributed by atoms with E-state index in [1.165, 1.54) is 25.7 Å². The summed E-state index contributed by atoms with van der Waals surface area (Å²) in [6.45, 7) is 4.57. The minimum atomic E-state index is -0.422. The maximum atomic E-state index is 12.1. The first kappa shape index (κ1) is 19.8. The second-order valence-electron chi connectivity index (χ2n) is 7.85. The van der Waals surface area contributed by atoms with E-state index in [9.17, 15) is 9.59 Å². The van der Waals surface area contributed by atoms with Crippen molar-refractivity contribution in [2.75, 3.05) is 26.2 Å². The van der Waals surface area contributed by atoms with Gasteiger partial charge in [-0.25, -0.2) is 0 Å². The van der Waals surface area contributed by atoms with Crippen LogP contribution in [0.25, 0.3) is 0 Å². The number of aromatic nitrogens is 3. The Kier molecular flexibility index (Phi) is 6.82. The van der Waals surface area contributed by atoms with Crippen LogP contribution < -0.4 is 5.73 Å². The second kappa shape index (κ2) is 9.30. The molecular weight excluding hydrogens is 344 g/mol. The smallest absolute Gasteiger partial charge is 0.223 e. The van der Waals surface area contributed by atoms with E-state index in [4.69, 9.17) is 5.73 Å². The van der Waals surface area contributed by atoms with Gasteiger partial charge in [-0.3, -0.25) is 14.5 Å². The molecule has 8 nitrogen and oxygen atoms in total. The summed E-state index contributed by atoms with van der Waals surface area (Å²) >= 11 is 0. The summed E-state index contributed by atoms with van der Waals surface area (Å²) in [6.07, 6.45) is 7.32. The molecule has 3 heterocycles. The molecule has 3 rings (SSSR count). The van der Waals surface area contributed by atoms with Gasteiger partial charge in [0.25, 0.3) is 0 Å². The van der Waals surface area contributed by atoms with Gasteiger partial charge in [-0.2, -0.15) is 0 Å². The van der Waals surface area contributed by atoms with Crippen LogP contribution in [0, 0.1) is 0 Å². The van der Waals surface area contributed by atoms with Crippen LogP contribution >= 0.6 is 0 Å². The van der Waals surface area contributed by atoms with Gasteiger partial charge in [0.2, 0.25) is 11.8 Å². The third-order valence-electron chi connectivity index (χ3n) is 5.86. The normalized spacial score (nSPS) is 19.8. The number of rotatable bonds is 6. The van der Waals surface area contributed by atoms with Crippen molar-refractivity contribution in [3.63, 3.8) is 0 Å². The van der Waals surface area contributed by atoms with Gasteiger partial charge in [-0.1, -0.05) is 12.8 Å². The molecule has 0 saturated carbocycles. The Labute approximate surface area is 161 Å². The van der Waals surface area contributed by atoms with Crippen LogP contribution in [0.2, 0.25) is 0 Å². The van der Waals surface area contributed by atoms with E-state index in [2.05, 4.69) is 26.7 Å². The van der Waals surface area contributed by atoms with E-state index < -0.39 is 5.91 Å². The average Bonchev–Trinajstić information content (AvgIpc) is 2.85. The quantitative estimate of drug-likeness (QED) is 0.803. The van der Waals surface area contributed by atoms with Gasteiger partial charge in [0, 0.05) is 38.9 Å². The number of nitrogens with zero attached hydrogens (tertiary/aromatic N) is 5. The molecule has 2 amide bonds. The van der Waals surface area contributed by atoms with Crippen LogP contribution in [0.1, 0.15) is 68.9 Å². The minimum Gasteiger partial charge on any atom is -0.370 e. The summed E-state index contributed by atoms with van der Waals surface area (Å²) in [4.78, 5) is 27.3. The van der Waals surface area contributed by atoms with Crippen molar-refractivity contribution in [1.82, 2.24) is 24.6 Å². The van der Waals surface area contributed by atoms with Crippen LogP contribution in [0.5, 0.6) is 0 Å². The number of carbonyl (C=O) groups excluding carboxylic acids is 2. The summed E-state index contributed by atoms with van der Waals surface area (Å²) in [5.41, 5.74) is 5.13. The molecular formula is C19H32N6O2. The van der Waals surface area contributed by atoms with Gasteiger partial charge >= 0.3 is 0 Å². The standard InChI is InChI=1S/C19H32N6O2/c1-23-17(14-24-10-4-2-3-5-11-24)21-22-19(23)15-8-12-25(13-9-15)18(27)7-6-16(20)26/h15H,2-14H2,1H3,(H2,20,26). The molecule has 0 aliphatic carbocycles. The highest BCUT2D eigenvalue weighted by atomic mass is 16.2. The van der Waals surface area contributed by atoms with Crippen molar-refractivity contribution in [2.45, 2.75) is 63.8 Å². The van der Waals surface area contributed by atoms with Crippen LogP contribution in [-0.2, 0) is 23.2 Å². The molecule has 0 aromatic carbocycles. The first-order valence-electron chi connectivity index (χ1n) is 10.2. The van der Waals surface area contributed by atoms with Gasteiger partial charge < -0.3 is 15.2 Å². The number of hydrogen-bond donors (Lipinski definition) is 1. The maximum absolute atomic E-state index is 12.1. The zero-order valence-electron chi connectivity index (χ0n) is 16.4. The molecule has 2 N–H and O–H groups in total. The SMILES string of the molecule is Cn1c(CN2CCCCCC2)nnc1C1CCN(C(=O)CCC(N)=O)CC1. The molecule has 0 atom stereocenters. The van der Waals surface area contributed by atoms with Crippen LogP contribution in [0.4, 0.5) is 0 Å². The number of carbonyl (C=O) groups is 2. The molecule has 2 aliphatic heterocycles. The highest BCUT2D eigenvalue weighted by Crippen LogP contribution is 2.27. The van der Waals surface area contributed by atoms with Gasteiger partial charge in [-0.05, 0) is 38.8 Å². The second-order valence-corrected chi connectivity index (χ2v) is 7.85. The monoisotopic (exact) mass is 376 g/mol. The number of nitrogens with two attached hydrogens (primary N) is 1. The molecule has 0 radical (unpaired) electrons. The van der Waals surface area contributed by atoms with Crippen molar-refractivity contribution in [1.29, 1.82) is 0 Å². The Balaban J connectivity index is 1.53. The number of amides is 2. The van der Waals surface area contributed by atoms with Gasteiger partial charge in [0.05, 0.1) is 6.54 Å². The Morgan fingerprint density at radius 1 is 1.00 bits per heavy atom. The van der Waals surface area contributed by atoms with Crippen LogP contribution in [-0.4, -0.2) is 62.6 Å². The predicted molar refractivity (Wildman–Crippen MR) is 102 cm³/mol. The van der Waals surface area contributed by atoms with Gasteiger partial charge in [0.1, 0.15) is 11.6 Å². The Bertz CT molecular complexity index is 643. The molecule has 1 aromatic rings. The topological polar surface area (TPSA) is 97.3 Å². The molecule has 150 valence electrons. The minimum absolute atomic E-state index is 0.0204. The van der Waals surface area contributed by atoms with Gasteiger partial charge in [0.15, 0.2) is 0 Å². The first-order valence-corrected chi connectivity index (χ1v) is 10.2. The highest BCUT2D eigenvalue weighted by molar-refractivity contribution is 5.82. The molecule has 0 spiro atoms. The van der Waals surface area contributed by atoms with E-state index >= 15 is 0 Å². The lowest BCUT2D eigenvalue weighted by atomic mass is 9.95. The van der Waals surface area contributed by atoms with E-state index in [0.29, 0.717) is 19.0 Å². The Morgan fingerprint density at radius 2 is 1.67 bits per heavy atom. The maximum Gasteiger partial charge on any atom is 0.223 e. The third kappa shape index (κ3) is 5.28. The van der Waals surface area contributed by atoms with E-state index in [0.717, 1.165) is 44.1 Å². The molecule has 2 fully saturated rings. The van der Waals surface area contributed by atoms with Crippen LogP contribution in [0.15, 0.2) is 0 Å². The zero-order chi connectivity index (χ0) is 19.2. The molecule has 1 aromatic heterocycles. The lowest BCUT2D eigenvalue weighted by molar-refractivity contribution is -0.134. The van der Waals surface area contributed by atoms with Crippen molar-refractivity contribution in [2.24, 2.45) is 12.8 Å². The molecule has 0 unspecified atom stereocenters. The molecule has 8 heteroatoms. The van der Waals surface area contributed by atoms with Crippen molar-refractivity contribution in [3.8, 4) is 0 Å². The number of primary amides is 1. The fourth-order valence-corrected chi connectivity index (χ4v) is 4.14. The van der Waals surface area contributed by atoms with E-state index in [-0.39, 0.29) is 18.7 Å². The summed E-state index contributed by atoms with van der Waals surface area (Å²) < 4.78 is 2.15. The van der Waals surface area contributed by atoms with E-state index in [1.807, 2.05) is 4.90 Å². The third-order valence-corrected chi connectivity index (χ3v) is 5.86. The largest absolute Gasteiger partial charge is 0.370 e. The number of likely N-dealkylation sites (tertiary alicyclic amines) is 2. The predicted octanol–water partition coefficient (Wildman–Crippen LogP) is 1.16. The van der Waals surface area contributed by atoms with Crippen molar-refractivity contribution < 1.29 is 9.59 Å².